The first-order valence-electron chi connectivity index (χ1n) is 4.61. The average Bonchev–Trinajstić information content (AvgIpc) is 2.29. The number of hydrogen-bond donors (Lipinski definition) is 0. The zero-order valence-electron chi connectivity index (χ0n) is 7.52. The Labute approximate surface area is 64.0 Å². The van der Waals surface area contributed by atoms with E-state index in [1.54, 1.807) is 0 Å². The Morgan fingerprint density at radius 2 is 1.90 bits per heavy atom. The Kier molecular flexibility index (Phi) is 1.07. The second-order valence-corrected chi connectivity index (χ2v) is 4.69. The van der Waals surface area contributed by atoms with E-state index in [2.05, 4.69) is 27.7 Å². The van der Waals surface area contributed by atoms with Crippen molar-refractivity contribution >= 4 is 0 Å². The molecule has 0 aliphatic heterocycles. The summed E-state index contributed by atoms with van der Waals surface area (Å²) in [5.41, 5.74) is 0.806. The van der Waals surface area contributed by atoms with Crippen LogP contribution in [-0.2, 0) is 0 Å². The summed E-state index contributed by atoms with van der Waals surface area (Å²) in [7, 11) is 0. The van der Waals surface area contributed by atoms with E-state index in [0.717, 1.165) is 29.1 Å². The van der Waals surface area contributed by atoms with Gasteiger partial charge in [-0.1, -0.05) is 27.7 Å². The van der Waals surface area contributed by atoms with Gasteiger partial charge in [-0.2, -0.15) is 0 Å². The molecule has 0 nitrogen and oxygen atoms in total. The standard InChI is InChI=1S/C10H18/c1-6(2)10-7(3)5-9(10)8(10)4/h6-9H,5H2,1-4H3. The van der Waals surface area contributed by atoms with Crippen molar-refractivity contribution in [2.75, 3.05) is 0 Å². The molecule has 0 aromatic rings. The van der Waals surface area contributed by atoms with Crippen molar-refractivity contribution in [2.24, 2.45) is 29.1 Å². The fourth-order valence-electron chi connectivity index (χ4n) is 3.88. The van der Waals surface area contributed by atoms with Crippen LogP contribution >= 0.6 is 0 Å². The molecule has 0 amide bonds. The Balaban J connectivity index is 2.17. The van der Waals surface area contributed by atoms with Crippen molar-refractivity contribution in [3.05, 3.63) is 0 Å². The van der Waals surface area contributed by atoms with Crippen molar-refractivity contribution in [3.63, 3.8) is 0 Å². The molecule has 10 heavy (non-hydrogen) atoms. The summed E-state index contributed by atoms with van der Waals surface area (Å²) in [6.07, 6.45) is 1.51. The minimum atomic E-state index is 0.806. The summed E-state index contributed by atoms with van der Waals surface area (Å²) >= 11 is 0. The molecule has 0 N–H and O–H groups in total. The third-order valence-corrected chi connectivity index (χ3v) is 4.39. The summed E-state index contributed by atoms with van der Waals surface area (Å²) < 4.78 is 0. The van der Waals surface area contributed by atoms with Gasteiger partial charge in [0.25, 0.3) is 0 Å². The lowest BCUT2D eigenvalue weighted by molar-refractivity contribution is 0.112. The zero-order chi connectivity index (χ0) is 7.52. The molecule has 2 saturated carbocycles. The Morgan fingerprint density at radius 1 is 1.30 bits per heavy atom. The summed E-state index contributed by atoms with van der Waals surface area (Å²) in [6.45, 7) is 9.66. The van der Waals surface area contributed by atoms with Crippen LogP contribution in [0.15, 0.2) is 0 Å². The van der Waals surface area contributed by atoms with E-state index < -0.39 is 0 Å². The Bertz CT molecular complexity index is 134. The molecular formula is C10H18. The smallest absolute Gasteiger partial charge is 0.0189 e. The van der Waals surface area contributed by atoms with Gasteiger partial charge in [0.05, 0.1) is 0 Å². The summed E-state index contributed by atoms with van der Waals surface area (Å²) in [4.78, 5) is 0. The quantitative estimate of drug-likeness (QED) is 0.522. The lowest BCUT2D eigenvalue weighted by Crippen LogP contribution is -2.31. The van der Waals surface area contributed by atoms with E-state index in [4.69, 9.17) is 0 Å². The van der Waals surface area contributed by atoms with Gasteiger partial charge in [-0.3, -0.25) is 0 Å². The normalized spacial score (nSPS) is 57.9. The van der Waals surface area contributed by atoms with Gasteiger partial charge in [0, 0.05) is 0 Å². The Morgan fingerprint density at radius 3 is 2.00 bits per heavy atom. The SMILES string of the molecule is CC(C)C12C(C)CC1C2C. The summed E-state index contributed by atoms with van der Waals surface area (Å²) in [5, 5.41) is 0. The highest BCUT2D eigenvalue weighted by Crippen LogP contribution is 2.78. The van der Waals surface area contributed by atoms with Gasteiger partial charge in [-0.25, -0.2) is 0 Å². The topological polar surface area (TPSA) is 0 Å². The summed E-state index contributed by atoms with van der Waals surface area (Å²) in [6, 6.07) is 0. The minimum absolute atomic E-state index is 0.806. The largest absolute Gasteiger partial charge is 0.0622 e. The molecule has 0 radical (unpaired) electrons. The first kappa shape index (κ1) is 6.69. The molecular weight excluding hydrogens is 120 g/mol. The highest BCUT2D eigenvalue weighted by molar-refractivity contribution is 5.20. The monoisotopic (exact) mass is 138 g/mol. The van der Waals surface area contributed by atoms with Crippen molar-refractivity contribution in [3.8, 4) is 0 Å². The fourth-order valence-corrected chi connectivity index (χ4v) is 3.88. The molecule has 4 atom stereocenters. The third-order valence-electron chi connectivity index (χ3n) is 4.39. The van der Waals surface area contributed by atoms with E-state index in [1.165, 1.54) is 6.42 Å². The fraction of sp³-hybridized carbons (Fsp3) is 1.00. The van der Waals surface area contributed by atoms with E-state index in [-0.39, 0.29) is 0 Å². The molecule has 2 rings (SSSR count). The van der Waals surface area contributed by atoms with E-state index in [9.17, 15) is 0 Å². The van der Waals surface area contributed by atoms with Gasteiger partial charge < -0.3 is 0 Å². The van der Waals surface area contributed by atoms with Crippen LogP contribution in [0.25, 0.3) is 0 Å². The van der Waals surface area contributed by atoms with E-state index in [0.29, 0.717) is 0 Å². The lowest BCUT2D eigenvalue weighted by Gasteiger charge is -2.37. The van der Waals surface area contributed by atoms with Crippen LogP contribution in [0.4, 0.5) is 0 Å². The Hall–Kier alpha value is 0. The lowest BCUT2D eigenvalue weighted by atomic mass is 9.68. The molecule has 0 bridgehead atoms. The predicted molar refractivity (Wildman–Crippen MR) is 43.7 cm³/mol. The van der Waals surface area contributed by atoms with Crippen molar-refractivity contribution in [1.82, 2.24) is 0 Å². The van der Waals surface area contributed by atoms with Crippen LogP contribution < -0.4 is 0 Å². The minimum Gasteiger partial charge on any atom is -0.0622 e. The highest BCUT2D eigenvalue weighted by atomic mass is 14.8. The van der Waals surface area contributed by atoms with Gasteiger partial charge in [0.2, 0.25) is 0 Å². The molecule has 0 aromatic heterocycles. The van der Waals surface area contributed by atoms with Gasteiger partial charge in [-0.05, 0) is 35.5 Å². The first-order chi connectivity index (χ1) is 4.61. The molecule has 0 saturated heterocycles. The van der Waals surface area contributed by atoms with E-state index >= 15 is 0 Å². The van der Waals surface area contributed by atoms with Gasteiger partial charge in [0.1, 0.15) is 0 Å². The second kappa shape index (κ2) is 1.60. The van der Waals surface area contributed by atoms with Crippen LogP contribution in [0, 0.1) is 29.1 Å². The molecule has 0 heterocycles. The molecule has 4 unspecified atom stereocenters. The number of rotatable bonds is 1. The number of hydrogen-bond acceptors (Lipinski definition) is 0. The molecule has 0 heteroatoms. The maximum Gasteiger partial charge on any atom is -0.0189 e. The zero-order valence-corrected chi connectivity index (χ0v) is 7.52. The van der Waals surface area contributed by atoms with Crippen LogP contribution in [0.5, 0.6) is 0 Å². The maximum absolute atomic E-state index is 2.44. The van der Waals surface area contributed by atoms with Crippen molar-refractivity contribution in [1.29, 1.82) is 0 Å². The first-order valence-corrected chi connectivity index (χ1v) is 4.61. The van der Waals surface area contributed by atoms with Crippen molar-refractivity contribution < 1.29 is 0 Å². The molecule has 0 aromatic carbocycles. The molecule has 2 aliphatic carbocycles. The molecule has 2 aliphatic rings. The van der Waals surface area contributed by atoms with Crippen LogP contribution in [0.3, 0.4) is 0 Å². The maximum atomic E-state index is 2.44. The van der Waals surface area contributed by atoms with Gasteiger partial charge in [0.15, 0.2) is 0 Å². The molecule has 58 valence electrons. The third kappa shape index (κ3) is 0.436. The van der Waals surface area contributed by atoms with Crippen LogP contribution in [0.2, 0.25) is 0 Å². The van der Waals surface area contributed by atoms with Crippen molar-refractivity contribution in [2.45, 2.75) is 34.1 Å². The van der Waals surface area contributed by atoms with Crippen LogP contribution in [-0.4, -0.2) is 0 Å². The van der Waals surface area contributed by atoms with Gasteiger partial charge >= 0.3 is 0 Å². The number of fused-ring (bicyclic) bond motifs is 1. The summed E-state index contributed by atoms with van der Waals surface area (Å²) in [5.74, 6) is 4.11. The van der Waals surface area contributed by atoms with Crippen LogP contribution in [0.1, 0.15) is 34.1 Å². The second-order valence-electron chi connectivity index (χ2n) is 4.69. The van der Waals surface area contributed by atoms with Gasteiger partial charge in [-0.15, -0.1) is 0 Å². The highest BCUT2D eigenvalue weighted by Gasteiger charge is 2.72. The average molecular weight is 138 g/mol. The predicted octanol–water partition coefficient (Wildman–Crippen LogP) is 2.93. The molecule has 0 spiro atoms. The van der Waals surface area contributed by atoms with E-state index in [1.807, 2.05) is 0 Å². The molecule has 2 fully saturated rings.